The molecule has 4 nitrogen and oxygen atoms in total. The summed E-state index contributed by atoms with van der Waals surface area (Å²) in [5.41, 5.74) is 0.553. The summed E-state index contributed by atoms with van der Waals surface area (Å²) in [6.07, 6.45) is 13.2. The van der Waals surface area contributed by atoms with Crippen molar-refractivity contribution in [3.8, 4) is 17.9 Å². The van der Waals surface area contributed by atoms with Gasteiger partial charge in [-0.15, -0.1) is 0 Å². The fourth-order valence-corrected chi connectivity index (χ4v) is 3.09. The zero-order valence-electron chi connectivity index (χ0n) is 14.2. The molecule has 0 unspecified atom stereocenters. The molecule has 0 spiro atoms. The third-order valence-electron chi connectivity index (χ3n) is 4.54. The van der Waals surface area contributed by atoms with Crippen molar-refractivity contribution in [1.29, 1.82) is 10.5 Å². The highest BCUT2D eigenvalue weighted by atomic mass is 16.5. The van der Waals surface area contributed by atoms with Crippen LogP contribution in [0.25, 0.3) is 0 Å². The Kier molecular flexibility index (Phi) is 7.47. The molecule has 128 valence electrons. The number of ether oxygens (including phenoxy) is 1. The summed E-state index contributed by atoms with van der Waals surface area (Å²) >= 11 is 0. The van der Waals surface area contributed by atoms with Gasteiger partial charge >= 0.3 is 5.97 Å². The normalized spacial score (nSPS) is 20.2. The molecule has 1 aliphatic carbocycles. The Morgan fingerprint density at radius 3 is 2.48 bits per heavy atom. The molecule has 0 atom stereocenters. The van der Waals surface area contributed by atoms with Crippen molar-refractivity contribution < 1.29 is 9.53 Å². The number of hydrogen-bond donors (Lipinski definition) is 0. The number of esters is 1. The van der Waals surface area contributed by atoms with Gasteiger partial charge in [-0.1, -0.05) is 18.2 Å². The molecule has 0 saturated heterocycles. The van der Waals surface area contributed by atoms with Crippen LogP contribution in [0.3, 0.4) is 0 Å². The van der Waals surface area contributed by atoms with E-state index < -0.39 is 0 Å². The molecule has 0 N–H and O–H groups in total. The molecule has 0 amide bonds. The average molecular weight is 334 g/mol. The third-order valence-corrected chi connectivity index (χ3v) is 4.54. The molecule has 1 saturated carbocycles. The number of hydrogen-bond acceptors (Lipinski definition) is 4. The Hall–Kier alpha value is -2.85. The van der Waals surface area contributed by atoms with Crippen LogP contribution in [-0.4, -0.2) is 5.97 Å². The molecule has 2 rings (SSSR count). The molecule has 4 heteroatoms. The standard InChI is InChI=1S/C21H22N2O2/c22-15-5-3-1-2-4-6-17-7-11-19(12-8-17)21(24)25-20-13-9-18(16-23)10-14-20/h1-3,5,9-10,13-14,17,19H,4,6-8,11-12H2/t17-,19-. The van der Waals surface area contributed by atoms with Gasteiger partial charge in [0.25, 0.3) is 0 Å². The highest BCUT2D eigenvalue weighted by molar-refractivity contribution is 5.75. The molecule has 1 aromatic rings. The van der Waals surface area contributed by atoms with Crippen LogP contribution >= 0.6 is 0 Å². The first-order valence-corrected chi connectivity index (χ1v) is 8.66. The average Bonchev–Trinajstić information content (AvgIpc) is 2.65. The maximum Gasteiger partial charge on any atom is 0.314 e. The van der Waals surface area contributed by atoms with Crippen LogP contribution < -0.4 is 4.74 Å². The minimum Gasteiger partial charge on any atom is -0.426 e. The van der Waals surface area contributed by atoms with Gasteiger partial charge in [-0.2, -0.15) is 10.5 Å². The van der Waals surface area contributed by atoms with Gasteiger partial charge in [-0.05, 0) is 68.7 Å². The predicted octanol–water partition coefficient (Wildman–Crippen LogP) is 4.69. The van der Waals surface area contributed by atoms with Gasteiger partial charge in [-0.3, -0.25) is 4.79 Å². The van der Waals surface area contributed by atoms with Crippen LogP contribution in [-0.2, 0) is 4.79 Å². The SMILES string of the molecule is N#CC=CC=CCC[C@H]1CC[C@H](C(=O)Oc2ccc(C#N)cc2)CC1. The molecule has 1 fully saturated rings. The second kappa shape index (κ2) is 10.1. The lowest BCUT2D eigenvalue weighted by atomic mass is 9.80. The zero-order valence-corrected chi connectivity index (χ0v) is 14.2. The van der Waals surface area contributed by atoms with Crippen molar-refractivity contribution in [3.05, 3.63) is 54.1 Å². The summed E-state index contributed by atoms with van der Waals surface area (Å²) in [5, 5.41) is 17.2. The summed E-state index contributed by atoms with van der Waals surface area (Å²) < 4.78 is 5.43. The molecule has 0 heterocycles. The molecular weight excluding hydrogens is 312 g/mol. The van der Waals surface area contributed by atoms with E-state index in [2.05, 4.69) is 6.08 Å². The minimum absolute atomic E-state index is 0.0269. The van der Waals surface area contributed by atoms with Gasteiger partial charge in [0.2, 0.25) is 0 Å². The Bertz CT molecular complexity index is 697. The molecule has 1 aromatic carbocycles. The molecular formula is C21H22N2O2. The van der Waals surface area contributed by atoms with Crippen LogP contribution in [0.5, 0.6) is 5.75 Å². The van der Waals surface area contributed by atoms with E-state index in [4.69, 9.17) is 15.3 Å². The molecule has 25 heavy (non-hydrogen) atoms. The fraction of sp³-hybridized carbons (Fsp3) is 0.381. The maximum absolute atomic E-state index is 12.3. The van der Waals surface area contributed by atoms with Crippen LogP contribution in [0.1, 0.15) is 44.1 Å². The van der Waals surface area contributed by atoms with E-state index in [1.807, 2.05) is 18.2 Å². The summed E-state index contributed by atoms with van der Waals surface area (Å²) in [6, 6.07) is 10.6. The van der Waals surface area contributed by atoms with Crippen molar-refractivity contribution in [3.63, 3.8) is 0 Å². The number of nitrogens with zero attached hydrogens (tertiary/aromatic N) is 2. The Morgan fingerprint density at radius 2 is 1.84 bits per heavy atom. The van der Waals surface area contributed by atoms with Crippen LogP contribution in [0.4, 0.5) is 0 Å². The van der Waals surface area contributed by atoms with Gasteiger partial charge in [0.1, 0.15) is 5.75 Å². The first-order valence-electron chi connectivity index (χ1n) is 8.66. The van der Waals surface area contributed by atoms with Gasteiger partial charge in [0.05, 0.1) is 23.6 Å². The van der Waals surface area contributed by atoms with E-state index in [0.717, 1.165) is 38.5 Å². The summed E-state index contributed by atoms with van der Waals surface area (Å²) in [4.78, 5) is 12.3. The van der Waals surface area contributed by atoms with Crippen LogP contribution in [0, 0.1) is 34.5 Å². The van der Waals surface area contributed by atoms with Gasteiger partial charge in [-0.25, -0.2) is 0 Å². The number of rotatable bonds is 6. The van der Waals surface area contributed by atoms with Gasteiger partial charge < -0.3 is 4.74 Å². The van der Waals surface area contributed by atoms with Gasteiger partial charge in [0.15, 0.2) is 0 Å². The first-order chi connectivity index (χ1) is 12.2. The first kappa shape index (κ1) is 18.5. The summed E-state index contributed by atoms with van der Waals surface area (Å²) in [7, 11) is 0. The van der Waals surface area contributed by atoms with Crippen molar-refractivity contribution in [1.82, 2.24) is 0 Å². The number of carbonyl (C=O) groups is 1. The van der Waals surface area contributed by atoms with Crippen LogP contribution in [0.2, 0.25) is 0 Å². The molecule has 0 bridgehead atoms. The Morgan fingerprint density at radius 1 is 1.12 bits per heavy atom. The lowest BCUT2D eigenvalue weighted by molar-refractivity contribution is -0.140. The van der Waals surface area contributed by atoms with Crippen molar-refractivity contribution in [2.75, 3.05) is 0 Å². The van der Waals surface area contributed by atoms with Gasteiger partial charge in [0, 0.05) is 6.08 Å². The lowest BCUT2D eigenvalue weighted by Crippen LogP contribution is -2.25. The largest absolute Gasteiger partial charge is 0.426 e. The Labute approximate surface area is 149 Å². The Balaban J connectivity index is 1.71. The number of benzene rings is 1. The highest BCUT2D eigenvalue weighted by Gasteiger charge is 2.27. The minimum atomic E-state index is -0.162. The van der Waals surface area contributed by atoms with E-state index in [0.29, 0.717) is 17.2 Å². The van der Waals surface area contributed by atoms with E-state index in [9.17, 15) is 4.79 Å². The smallest absolute Gasteiger partial charge is 0.314 e. The second-order valence-corrected chi connectivity index (χ2v) is 6.27. The van der Waals surface area contributed by atoms with E-state index in [1.54, 1.807) is 30.3 Å². The third kappa shape index (κ3) is 6.28. The monoisotopic (exact) mass is 334 g/mol. The van der Waals surface area contributed by atoms with E-state index in [-0.39, 0.29) is 11.9 Å². The molecule has 1 aliphatic rings. The zero-order chi connectivity index (χ0) is 17.9. The molecule has 0 radical (unpaired) electrons. The maximum atomic E-state index is 12.3. The number of allylic oxidation sites excluding steroid dienone is 4. The number of nitriles is 2. The fourth-order valence-electron chi connectivity index (χ4n) is 3.09. The molecule has 0 aliphatic heterocycles. The molecule has 0 aromatic heterocycles. The lowest BCUT2D eigenvalue weighted by Gasteiger charge is -2.26. The predicted molar refractivity (Wildman–Crippen MR) is 95.4 cm³/mol. The van der Waals surface area contributed by atoms with E-state index in [1.165, 1.54) is 6.08 Å². The van der Waals surface area contributed by atoms with Crippen molar-refractivity contribution in [2.45, 2.75) is 38.5 Å². The second-order valence-electron chi connectivity index (χ2n) is 6.27. The van der Waals surface area contributed by atoms with Crippen molar-refractivity contribution in [2.24, 2.45) is 11.8 Å². The quantitative estimate of drug-likeness (QED) is 0.327. The van der Waals surface area contributed by atoms with Crippen molar-refractivity contribution >= 4 is 5.97 Å². The summed E-state index contributed by atoms with van der Waals surface area (Å²) in [5.74, 6) is 0.968. The van der Waals surface area contributed by atoms with Crippen LogP contribution in [0.15, 0.2) is 48.6 Å². The number of carbonyl (C=O) groups excluding carboxylic acids is 1. The van der Waals surface area contributed by atoms with E-state index >= 15 is 0 Å². The topological polar surface area (TPSA) is 73.9 Å². The summed E-state index contributed by atoms with van der Waals surface area (Å²) in [6.45, 7) is 0. The highest BCUT2D eigenvalue weighted by Crippen LogP contribution is 2.32.